The summed E-state index contributed by atoms with van der Waals surface area (Å²) >= 11 is 5.90. The molecule has 0 unspecified atom stereocenters. The fourth-order valence-electron chi connectivity index (χ4n) is 5.22. The molecule has 1 amide bonds. The summed E-state index contributed by atoms with van der Waals surface area (Å²) in [7, 11) is 0. The lowest BCUT2D eigenvalue weighted by molar-refractivity contribution is 0.00703. The third kappa shape index (κ3) is 6.65. The molecule has 2 aromatic heterocycles. The van der Waals surface area contributed by atoms with Gasteiger partial charge in [-0.15, -0.1) is 0 Å². The first kappa shape index (κ1) is 30.1. The van der Waals surface area contributed by atoms with Crippen molar-refractivity contribution in [1.82, 2.24) is 14.9 Å². The number of rotatable bonds is 7. The minimum atomic E-state index is -0.568. The first-order valence-corrected chi connectivity index (χ1v) is 14.7. The summed E-state index contributed by atoms with van der Waals surface area (Å²) in [6.07, 6.45) is 1.68. The Morgan fingerprint density at radius 2 is 1.70 bits per heavy atom. The number of fused-ring (bicyclic) bond motifs is 1. The van der Waals surface area contributed by atoms with Crippen molar-refractivity contribution >= 4 is 34.4 Å². The number of pyridine rings is 1. The quantitative estimate of drug-likeness (QED) is 0.152. The number of amides is 1. The van der Waals surface area contributed by atoms with Gasteiger partial charge in [0.1, 0.15) is 10.8 Å². The van der Waals surface area contributed by atoms with E-state index in [2.05, 4.69) is 40.8 Å². The number of aromatic nitrogens is 2. The highest BCUT2D eigenvalue weighted by Crippen LogP contribution is 2.30. The van der Waals surface area contributed by atoms with Gasteiger partial charge in [0, 0.05) is 34.9 Å². The van der Waals surface area contributed by atoms with E-state index in [0.717, 1.165) is 44.4 Å². The Bertz CT molecular complexity index is 1800. The molecule has 0 aliphatic carbocycles. The van der Waals surface area contributed by atoms with Crippen LogP contribution >= 0.6 is 11.6 Å². The molecule has 220 valence electrons. The van der Waals surface area contributed by atoms with Gasteiger partial charge in [-0.3, -0.25) is 4.79 Å². The van der Waals surface area contributed by atoms with E-state index < -0.39 is 5.60 Å². The molecule has 0 fully saturated rings. The number of halogens is 1. The summed E-state index contributed by atoms with van der Waals surface area (Å²) < 4.78 is 7.91. The highest BCUT2D eigenvalue weighted by molar-refractivity contribution is 6.29. The zero-order valence-electron chi connectivity index (χ0n) is 25.4. The second kappa shape index (κ2) is 12.1. The summed E-state index contributed by atoms with van der Waals surface area (Å²) in [4.78, 5) is 30.1. The number of ether oxygens (including phenoxy) is 1. The van der Waals surface area contributed by atoms with Crippen LogP contribution in [0.3, 0.4) is 0 Å². The van der Waals surface area contributed by atoms with Crippen LogP contribution < -0.4 is 5.32 Å². The van der Waals surface area contributed by atoms with Gasteiger partial charge in [-0.05, 0) is 99.7 Å². The molecule has 3 aromatic carbocycles. The normalized spacial score (nSPS) is 12.3. The van der Waals surface area contributed by atoms with Gasteiger partial charge in [-0.2, -0.15) is 0 Å². The molecule has 0 aliphatic rings. The Labute approximate surface area is 257 Å². The number of benzene rings is 3. The van der Waals surface area contributed by atoms with Crippen molar-refractivity contribution in [3.63, 3.8) is 0 Å². The molecule has 6 nitrogen and oxygen atoms in total. The van der Waals surface area contributed by atoms with Gasteiger partial charge in [0.2, 0.25) is 0 Å². The highest BCUT2D eigenvalue weighted by Gasteiger charge is 2.21. The molecule has 0 saturated carbocycles. The van der Waals surface area contributed by atoms with Crippen LogP contribution in [0.1, 0.15) is 76.8 Å². The average molecular weight is 594 g/mol. The van der Waals surface area contributed by atoms with Gasteiger partial charge in [-0.25, -0.2) is 9.78 Å². The molecule has 7 heteroatoms. The van der Waals surface area contributed by atoms with Crippen LogP contribution in [0.25, 0.3) is 22.0 Å². The molecule has 43 heavy (non-hydrogen) atoms. The Morgan fingerprint density at radius 1 is 0.977 bits per heavy atom. The van der Waals surface area contributed by atoms with E-state index >= 15 is 0 Å². The number of aryl methyl sites for hydroxylation is 1. The van der Waals surface area contributed by atoms with Crippen molar-refractivity contribution in [3.8, 4) is 11.1 Å². The summed E-state index contributed by atoms with van der Waals surface area (Å²) in [6.45, 7) is 12.4. The molecular weight excluding hydrogens is 558 g/mol. The minimum Gasteiger partial charge on any atom is -0.456 e. The van der Waals surface area contributed by atoms with E-state index in [-0.39, 0.29) is 17.9 Å². The van der Waals surface area contributed by atoms with Crippen LogP contribution in [0.15, 0.2) is 85.1 Å². The number of carbonyl (C=O) groups is 2. The second-order valence-corrected chi connectivity index (χ2v) is 12.3. The van der Waals surface area contributed by atoms with Gasteiger partial charge < -0.3 is 14.6 Å². The summed E-state index contributed by atoms with van der Waals surface area (Å²) in [6, 6.07) is 25.0. The van der Waals surface area contributed by atoms with E-state index in [1.807, 2.05) is 82.3 Å². The lowest BCUT2D eigenvalue weighted by Crippen LogP contribution is -2.26. The molecule has 0 saturated heterocycles. The Kier molecular flexibility index (Phi) is 8.43. The second-order valence-electron chi connectivity index (χ2n) is 11.9. The van der Waals surface area contributed by atoms with E-state index in [1.165, 1.54) is 0 Å². The van der Waals surface area contributed by atoms with Crippen LogP contribution in [0, 0.1) is 13.8 Å². The maximum atomic E-state index is 13.1. The fraction of sp³-hybridized carbons (Fsp3) is 0.250. The first-order valence-electron chi connectivity index (χ1n) is 14.3. The lowest BCUT2D eigenvalue weighted by Gasteiger charge is -2.20. The van der Waals surface area contributed by atoms with Crippen LogP contribution in [0.5, 0.6) is 0 Å². The van der Waals surface area contributed by atoms with Crippen LogP contribution in [-0.2, 0) is 11.3 Å². The van der Waals surface area contributed by atoms with Crippen molar-refractivity contribution in [2.75, 3.05) is 0 Å². The molecule has 5 aromatic rings. The molecule has 0 bridgehead atoms. The number of esters is 1. The molecule has 2 heterocycles. The lowest BCUT2D eigenvalue weighted by atomic mass is 9.98. The van der Waals surface area contributed by atoms with Crippen LogP contribution in [-0.4, -0.2) is 27.0 Å². The van der Waals surface area contributed by atoms with Gasteiger partial charge in [0.05, 0.1) is 11.6 Å². The Morgan fingerprint density at radius 3 is 2.37 bits per heavy atom. The third-order valence-corrected chi connectivity index (χ3v) is 7.87. The Hall–Kier alpha value is -4.42. The van der Waals surface area contributed by atoms with Crippen LogP contribution in [0.2, 0.25) is 5.15 Å². The number of hydrogen-bond donors (Lipinski definition) is 1. The zero-order chi connectivity index (χ0) is 30.9. The average Bonchev–Trinajstić information content (AvgIpc) is 3.21. The van der Waals surface area contributed by atoms with E-state index in [0.29, 0.717) is 22.8 Å². The maximum absolute atomic E-state index is 13.1. The molecule has 1 atom stereocenters. The van der Waals surface area contributed by atoms with Gasteiger partial charge in [0.15, 0.2) is 0 Å². The molecule has 5 rings (SSSR count). The number of hydrogen-bond acceptors (Lipinski definition) is 4. The van der Waals surface area contributed by atoms with Gasteiger partial charge in [-0.1, -0.05) is 60.1 Å². The predicted molar refractivity (Wildman–Crippen MR) is 173 cm³/mol. The van der Waals surface area contributed by atoms with Crippen molar-refractivity contribution in [2.24, 2.45) is 0 Å². The standard InChI is InChI=1S/C36H36ClN3O3/c1-22-24(3)40(32-17-15-27(19-31(22)32)34(41)39-23(2)28-16-18-33(37)38-20-28)21-25-11-13-26(14-12-25)29-9-7-8-10-30(29)35(42)43-36(4,5)6/h7-20,23H,21H2,1-6H3,(H,39,41)/t23-/m1/s1. The topological polar surface area (TPSA) is 73.2 Å². The highest BCUT2D eigenvalue weighted by atomic mass is 35.5. The zero-order valence-corrected chi connectivity index (χ0v) is 26.1. The van der Waals surface area contributed by atoms with Gasteiger partial charge in [0.25, 0.3) is 5.91 Å². The monoisotopic (exact) mass is 593 g/mol. The summed E-state index contributed by atoms with van der Waals surface area (Å²) in [5.41, 5.74) is 7.75. The molecule has 0 spiro atoms. The summed E-state index contributed by atoms with van der Waals surface area (Å²) in [5.74, 6) is -0.474. The summed E-state index contributed by atoms with van der Waals surface area (Å²) in [5, 5.41) is 4.53. The largest absolute Gasteiger partial charge is 0.456 e. The molecule has 0 radical (unpaired) electrons. The maximum Gasteiger partial charge on any atom is 0.339 e. The number of nitrogens with zero attached hydrogens (tertiary/aromatic N) is 2. The fourth-order valence-corrected chi connectivity index (χ4v) is 5.33. The molecule has 0 aliphatic heterocycles. The first-order chi connectivity index (χ1) is 20.4. The smallest absolute Gasteiger partial charge is 0.339 e. The Balaban J connectivity index is 1.36. The van der Waals surface area contributed by atoms with E-state index in [9.17, 15) is 9.59 Å². The van der Waals surface area contributed by atoms with E-state index in [4.69, 9.17) is 16.3 Å². The minimum absolute atomic E-state index is 0.142. The van der Waals surface area contributed by atoms with Gasteiger partial charge >= 0.3 is 5.97 Å². The van der Waals surface area contributed by atoms with Crippen molar-refractivity contribution in [2.45, 2.75) is 59.7 Å². The molecular formula is C36H36ClN3O3. The SMILES string of the molecule is Cc1c(C)n(Cc2ccc(-c3ccccc3C(=O)OC(C)(C)C)cc2)c2ccc(C(=O)N[C@H](C)c3ccc(Cl)nc3)cc12. The van der Waals surface area contributed by atoms with Crippen LogP contribution in [0.4, 0.5) is 0 Å². The number of carbonyl (C=O) groups excluding carboxylic acids is 2. The number of nitrogens with one attached hydrogen (secondary N) is 1. The third-order valence-electron chi connectivity index (χ3n) is 7.65. The predicted octanol–water partition coefficient (Wildman–Crippen LogP) is 8.47. The van der Waals surface area contributed by atoms with E-state index in [1.54, 1.807) is 18.3 Å². The molecule has 1 N–H and O–H groups in total. The van der Waals surface area contributed by atoms with Crippen molar-refractivity contribution < 1.29 is 14.3 Å². The van der Waals surface area contributed by atoms with Crippen molar-refractivity contribution in [3.05, 3.63) is 124 Å². The van der Waals surface area contributed by atoms with Crippen molar-refractivity contribution in [1.29, 1.82) is 0 Å².